The number of aliphatic carboxylic acids is 1. The second kappa shape index (κ2) is 6.65. The first-order valence-electron chi connectivity index (χ1n) is 7.82. The Labute approximate surface area is 144 Å². The van der Waals surface area contributed by atoms with E-state index in [0.29, 0.717) is 22.6 Å². The fourth-order valence-corrected chi connectivity index (χ4v) is 2.95. The molecule has 0 radical (unpaired) electrons. The number of carbonyl (C=O) groups is 2. The number of nitriles is 1. The van der Waals surface area contributed by atoms with Crippen LogP contribution in [0.25, 0.3) is 0 Å². The molecule has 0 fully saturated rings. The van der Waals surface area contributed by atoms with Crippen LogP contribution in [0.3, 0.4) is 0 Å². The maximum absolute atomic E-state index is 12.8. The summed E-state index contributed by atoms with van der Waals surface area (Å²) in [6.07, 6.45) is -0.852. The highest BCUT2D eigenvalue weighted by molar-refractivity contribution is 6.01. The lowest BCUT2D eigenvalue weighted by Gasteiger charge is -2.22. The number of ether oxygens (including phenoxy) is 1. The molecule has 1 aliphatic rings. The molecule has 2 aromatic rings. The predicted octanol–water partition coefficient (Wildman–Crippen LogP) is 2.54. The lowest BCUT2D eigenvalue weighted by atomic mass is 10.0. The summed E-state index contributed by atoms with van der Waals surface area (Å²) in [5.74, 6) is -1.73. The molecule has 0 spiro atoms. The van der Waals surface area contributed by atoms with Gasteiger partial charge < -0.3 is 14.7 Å². The number of amides is 1. The number of carbonyl (C=O) groups excluding carboxylic acids is 1. The minimum Gasteiger partial charge on any atom is -0.481 e. The Kier molecular flexibility index (Phi) is 4.40. The second-order valence-corrected chi connectivity index (χ2v) is 5.77. The molecule has 6 nitrogen and oxygen atoms in total. The maximum Gasteiger partial charge on any atom is 0.312 e. The van der Waals surface area contributed by atoms with Gasteiger partial charge in [-0.2, -0.15) is 5.26 Å². The van der Waals surface area contributed by atoms with Crippen LogP contribution in [-0.2, 0) is 9.59 Å². The first-order valence-corrected chi connectivity index (χ1v) is 7.82. The van der Waals surface area contributed by atoms with Crippen LogP contribution in [0.5, 0.6) is 5.75 Å². The van der Waals surface area contributed by atoms with E-state index >= 15 is 0 Å². The van der Waals surface area contributed by atoms with Crippen molar-refractivity contribution in [2.24, 2.45) is 0 Å². The lowest BCUT2D eigenvalue weighted by molar-refractivity contribution is -0.138. The van der Waals surface area contributed by atoms with Crippen LogP contribution in [0.4, 0.5) is 5.69 Å². The SMILES string of the molecule is C[C@@H](Oc1ccccc1C#N)C(=O)N1C[C@H](C(=O)O)c2ccccc21. The van der Waals surface area contributed by atoms with Crippen LogP contribution >= 0.6 is 0 Å². The van der Waals surface area contributed by atoms with Gasteiger partial charge in [-0.05, 0) is 30.7 Å². The zero-order valence-electron chi connectivity index (χ0n) is 13.5. The Bertz CT molecular complexity index is 872. The zero-order chi connectivity index (χ0) is 18.0. The fraction of sp³-hybridized carbons (Fsp3) is 0.211. The van der Waals surface area contributed by atoms with Gasteiger partial charge in [-0.3, -0.25) is 9.59 Å². The third kappa shape index (κ3) is 3.04. The van der Waals surface area contributed by atoms with Gasteiger partial charge in [-0.15, -0.1) is 0 Å². The number of anilines is 1. The molecule has 126 valence electrons. The molecule has 0 unspecified atom stereocenters. The molecule has 0 aromatic heterocycles. The molecule has 0 bridgehead atoms. The van der Waals surface area contributed by atoms with Crippen LogP contribution in [0.2, 0.25) is 0 Å². The number of fused-ring (bicyclic) bond motifs is 1. The Morgan fingerprint density at radius 3 is 2.64 bits per heavy atom. The van der Waals surface area contributed by atoms with Crippen molar-refractivity contribution in [3.05, 3.63) is 59.7 Å². The minimum atomic E-state index is -0.967. The summed E-state index contributed by atoms with van der Waals surface area (Å²) in [5, 5.41) is 18.5. The molecule has 2 atom stereocenters. The summed E-state index contributed by atoms with van der Waals surface area (Å²) >= 11 is 0. The standard InChI is InChI=1S/C19H16N2O4/c1-12(25-17-9-5-2-6-13(17)10-20)18(22)21-11-15(19(23)24)14-7-3-4-8-16(14)21/h2-9,12,15H,11H2,1H3,(H,23,24)/t12-,15+/m1/s1. The van der Waals surface area contributed by atoms with Crippen LogP contribution in [-0.4, -0.2) is 29.6 Å². The van der Waals surface area contributed by atoms with Gasteiger partial charge in [0.1, 0.15) is 17.7 Å². The first kappa shape index (κ1) is 16.5. The molecular formula is C19H16N2O4. The van der Waals surface area contributed by atoms with E-state index in [0.717, 1.165) is 0 Å². The first-order chi connectivity index (χ1) is 12.0. The summed E-state index contributed by atoms with van der Waals surface area (Å²) in [6.45, 7) is 1.66. The topological polar surface area (TPSA) is 90.6 Å². The third-order valence-electron chi connectivity index (χ3n) is 4.19. The van der Waals surface area contributed by atoms with E-state index in [-0.39, 0.29) is 12.5 Å². The van der Waals surface area contributed by atoms with Crippen molar-refractivity contribution in [2.75, 3.05) is 11.4 Å². The van der Waals surface area contributed by atoms with E-state index in [1.54, 1.807) is 55.5 Å². The molecule has 2 aromatic carbocycles. The van der Waals surface area contributed by atoms with Gasteiger partial charge in [0.2, 0.25) is 0 Å². The van der Waals surface area contributed by atoms with Crippen molar-refractivity contribution in [1.82, 2.24) is 0 Å². The van der Waals surface area contributed by atoms with Gasteiger partial charge in [-0.25, -0.2) is 0 Å². The Balaban J connectivity index is 1.84. The maximum atomic E-state index is 12.8. The van der Waals surface area contributed by atoms with Crippen molar-refractivity contribution in [3.63, 3.8) is 0 Å². The number of nitrogens with zero attached hydrogens (tertiary/aromatic N) is 2. The summed E-state index contributed by atoms with van der Waals surface area (Å²) in [4.78, 5) is 25.7. The number of carboxylic acid groups (broad SMARTS) is 1. The van der Waals surface area contributed by atoms with Crippen molar-refractivity contribution >= 4 is 17.6 Å². The number of benzene rings is 2. The summed E-state index contributed by atoms with van der Waals surface area (Å²) in [7, 11) is 0. The highest BCUT2D eigenvalue weighted by atomic mass is 16.5. The average Bonchev–Trinajstić information content (AvgIpc) is 3.01. The van der Waals surface area contributed by atoms with Gasteiger partial charge in [-0.1, -0.05) is 30.3 Å². The van der Waals surface area contributed by atoms with Crippen LogP contribution in [0.15, 0.2) is 48.5 Å². The Hall–Kier alpha value is -3.33. The highest BCUT2D eigenvalue weighted by Crippen LogP contribution is 2.36. The second-order valence-electron chi connectivity index (χ2n) is 5.77. The average molecular weight is 336 g/mol. The monoisotopic (exact) mass is 336 g/mol. The number of hydrogen-bond acceptors (Lipinski definition) is 4. The Morgan fingerprint density at radius 1 is 1.24 bits per heavy atom. The van der Waals surface area contributed by atoms with E-state index in [2.05, 4.69) is 0 Å². The molecule has 1 N–H and O–H groups in total. The highest BCUT2D eigenvalue weighted by Gasteiger charge is 2.38. The largest absolute Gasteiger partial charge is 0.481 e. The summed E-state index contributed by atoms with van der Waals surface area (Å²) in [5.41, 5.74) is 1.55. The summed E-state index contributed by atoms with van der Waals surface area (Å²) in [6, 6.07) is 15.7. The van der Waals surface area contributed by atoms with Gasteiger partial charge in [0.25, 0.3) is 5.91 Å². The zero-order valence-corrected chi connectivity index (χ0v) is 13.5. The molecule has 1 heterocycles. The molecule has 1 aliphatic heterocycles. The van der Waals surface area contributed by atoms with Gasteiger partial charge >= 0.3 is 5.97 Å². The van der Waals surface area contributed by atoms with E-state index < -0.39 is 18.0 Å². The number of carboxylic acids is 1. The fourth-order valence-electron chi connectivity index (χ4n) is 2.95. The normalized spacial score (nSPS) is 16.6. The van der Waals surface area contributed by atoms with Gasteiger partial charge in [0.15, 0.2) is 6.10 Å². The smallest absolute Gasteiger partial charge is 0.312 e. The van der Waals surface area contributed by atoms with Crippen LogP contribution < -0.4 is 9.64 Å². The molecule has 3 rings (SSSR count). The van der Waals surface area contributed by atoms with E-state index in [1.165, 1.54) is 4.90 Å². The van der Waals surface area contributed by atoms with Gasteiger partial charge in [0, 0.05) is 12.2 Å². The van der Waals surface area contributed by atoms with E-state index in [4.69, 9.17) is 10.00 Å². The molecule has 0 saturated carbocycles. The quantitative estimate of drug-likeness (QED) is 0.926. The summed E-state index contributed by atoms with van der Waals surface area (Å²) < 4.78 is 5.66. The van der Waals surface area contributed by atoms with Gasteiger partial charge in [0.05, 0.1) is 5.56 Å². The minimum absolute atomic E-state index is 0.0705. The lowest BCUT2D eigenvalue weighted by Crippen LogP contribution is -2.40. The third-order valence-corrected chi connectivity index (χ3v) is 4.19. The predicted molar refractivity (Wildman–Crippen MR) is 90.4 cm³/mol. The number of hydrogen-bond donors (Lipinski definition) is 1. The van der Waals surface area contributed by atoms with Crippen LogP contribution in [0.1, 0.15) is 24.0 Å². The van der Waals surface area contributed by atoms with Crippen molar-refractivity contribution in [3.8, 4) is 11.8 Å². The molecular weight excluding hydrogens is 320 g/mol. The number of rotatable bonds is 4. The van der Waals surface area contributed by atoms with Crippen LogP contribution in [0, 0.1) is 11.3 Å². The number of para-hydroxylation sites is 2. The Morgan fingerprint density at radius 2 is 1.92 bits per heavy atom. The molecule has 6 heteroatoms. The molecule has 0 aliphatic carbocycles. The molecule has 1 amide bonds. The van der Waals surface area contributed by atoms with E-state index in [1.807, 2.05) is 6.07 Å². The van der Waals surface area contributed by atoms with Crippen molar-refractivity contribution in [1.29, 1.82) is 5.26 Å². The van der Waals surface area contributed by atoms with Crippen molar-refractivity contribution < 1.29 is 19.4 Å². The van der Waals surface area contributed by atoms with Crippen molar-refractivity contribution in [2.45, 2.75) is 18.9 Å². The molecule has 0 saturated heterocycles. The van der Waals surface area contributed by atoms with E-state index in [9.17, 15) is 14.7 Å². The molecule has 25 heavy (non-hydrogen) atoms.